The van der Waals surface area contributed by atoms with Crippen LogP contribution in [0.1, 0.15) is 44.2 Å². The smallest absolute Gasteiger partial charge is 0.191 e. The van der Waals surface area contributed by atoms with Crippen LogP contribution in [0.25, 0.3) is 0 Å². The van der Waals surface area contributed by atoms with Crippen LogP contribution in [0.3, 0.4) is 0 Å². The van der Waals surface area contributed by atoms with Crippen LogP contribution >= 0.6 is 24.0 Å². The van der Waals surface area contributed by atoms with Crippen LogP contribution in [0, 0.1) is 12.8 Å². The van der Waals surface area contributed by atoms with E-state index in [1.165, 1.54) is 5.56 Å². The molecular weight excluding hydrogens is 441 g/mol. The molecule has 1 atom stereocenters. The van der Waals surface area contributed by atoms with Gasteiger partial charge in [0.2, 0.25) is 0 Å². The van der Waals surface area contributed by atoms with Crippen LogP contribution in [0.15, 0.2) is 23.2 Å². The molecule has 1 fully saturated rings. The lowest BCUT2D eigenvalue weighted by Gasteiger charge is -2.17. The molecule has 2 N–H and O–H groups in total. The second-order valence-corrected chi connectivity index (χ2v) is 7.09. The van der Waals surface area contributed by atoms with Crippen LogP contribution in [-0.4, -0.2) is 38.9 Å². The van der Waals surface area contributed by atoms with Crippen molar-refractivity contribution >= 4 is 29.9 Å². The van der Waals surface area contributed by atoms with E-state index < -0.39 is 0 Å². The fraction of sp³-hybridized carbons (Fsp3) is 0.650. The maximum atomic E-state index is 6.06. The molecule has 0 spiro atoms. The van der Waals surface area contributed by atoms with Gasteiger partial charge in [-0.2, -0.15) is 0 Å². The third-order valence-electron chi connectivity index (χ3n) is 4.36. The predicted octanol–water partition coefficient (Wildman–Crippen LogP) is 3.88. The molecule has 0 bridgehead atoms. The minimum absolute atomic E-state index is 0. The molecule has 0 amide bonds. The van der Waals surface area contributed by atoms with Gasteiger partial charge in [0.15, 0.2) is 5.96 Å². The highest BCUT2D eigenvalue weighted by atomic mass is 127. The molecular formula is C20H34IN3O2. The first-order valence-electron chi connectivity index (χ1n) is 9.37. The maximum Gasteiger partial charge on any atom is 0.191 e. The summed E-state index contributed by atoms with van der Waals surface area (Å²) in [5.74, 6) is 2.44. The lowest BCUT2D eigenvalue weighted by molar-refractivity contribution is 0.0676. The first kappa shape index (κ1) is 23.0. The highest BCUT2D eigenvalue weighted by Gasteiger charge is 2.17. The quantitative estimate of drug-likeness (QED) is 0.341. The summed E-state index contributed by atoms with van der Waals surface area (Å²) >= 11 is 0. The lowest BCUT2D eigenvalue weighted by Crippen LogP contribution is -2.37. The molecule has 148 valence electrons. The summed E-state index contributed by atoms with van der Waals surface area (Å²) in [6.45, 7) is 9.62. The van der Waals surface area contributed by atoms with Gasteiger partial charge in [-0.1, -0.05) is 26.0 Å². The van der Waals surface area contributed by atoms with Crippen molar-refractivity contribution in [3.05, 3.63) is 29.3 Å². The zero-order valence-electron chi connectivity index (χ0n) is 16.5. The Morgan fingerprint density at radius 3 is 2.81 bits per heavy atom. The molecule has 5 nitrogen and oxygen atoms in total. The SMILES string of the molecule is CN=C(NCCC(C)C)NCc1ccc(C)cc1OCC1CCCO1.I. The number of nitrogens with one attached hydrogen (secondary N) is 2. The van der Waals surface area contributed by atoms with Gasteiger partial charge in [0, 0.05) is 32.3 Å². The second-order valence-electron chi connectivity index (χ2n) is 7.09. The van der Waals surface area contributed by atoms with E-state index in [4.69, 9.17) is 9.47 Å². The topological polar surface area (TPSA) is 54.9 Å². The minimum Gasteiger partial charge on any atom is -0.491 e. The number of aliphatic imine (C=N–C) groups is 1. The molecule has 1 unspecified atom stereocenters. The highest BCUT2D eigenvalue weighted by Crippen LogP contribution is 2.22. The van der Waals surface area contributed by atoms with Crippen LogP contribution < -0.4 is 15.4 Å². The van der Waals surface area contributed by atoms with Gasteiger partial charge in [0.25, 0.3) is 0 Å². The molecule has 26 heavy (non-hydrogen) atoms. The fourth-order valence-electron chi connectivity index (χ4n) is 2.78. The maximum absolute atomic E-state index is 6.06. The molecule has 0 saturated carbocycles. The molecule has 0 aromatic heterocycles. The van der Waals surface area contributed by atoms with Crippen molar-refractivity contribution in [2.45, 2.75) is 52.7 Å². The van der Waals surface area contributed by atoms with Crippen LogP contribution in [0.4, 0.5) is 0 Å². The number of rotatable bonds is 8. The van der Waals surface area contributed by atoms with Gasteiger partial charge < -0.3 is 20.1 Å². The Hall–Kier alpha value is -1.02. The molecule has 0 aliphatic carbocycles. The van der Waals surface area contributed by atoms with Crippen molar-refractivity contribution in [3.63, 3.8) is 0 Å². The van der Waals surface area contributed by atoms with Gasteiger partial charge in [0.05, 0.1) is 6.10 Å². The van der Waals surface area contributed by atoms with Crippen molar-refractivity contribution in [3.8, 4) is 5.75 Å². The van der Waals surface area contributed by atoms with Gasteiger partial charge in [-0.3, -0.25) is 4.99 Å². The van der Waals surface area contributed by atoms with E-state index in [9.17, 15) is 0 Å². The van der Waals surface area contributed by atoms with Gasteiger partial charge >= 0.3 is 0 Å². The zero-order chi connectivity index (χ0) is 18.1. The molecule has 1 aromatic carbocycles. The van der Waals surface area contributed by atoms with Crippen molar-refractivity contribution in [2.24, 2.45) is 10.9 Å². The Balaban J connectivity index is 0.00000338. The van der Waals surface area contributed by atoms with Gasteiger partial charge in [-0.05, 0) is 43.7 Å². The molecule has 1 saturated heterocycles. The normalized spacial score (nSPS) is 17.1. The summed E-state index contributed by atoms with van der Waals surface area (Å²) in [5, 5.41) is 6.73. The predicted molar refractivity (Wildman–Crippen MR) is 119 cm³/mol. The van der Waals surface area contributed by atoms with E-state index in [-0.39, 0.29) is 30.1 Å². The van der Waals surface area contributed by atoms with Crippen molar-refractivity contribution < 1.29 is 9.47 Å². The lowest BCUT2D eigenvalue weighted by atomic mass is 10.1. The molecule has 1 heterocycles. The van der Waals surface area contributed by atoms with E-state index in [2.05, 4.69) is 54.6 Å². The van der Waals surface area contributed by atoms with Gasteiger partial charge in [0.1, 0.15) is 12.4 Å². The van der Waals surface area contributed by atoms with E-state index in [0.717, 1.165) is 49.7 Å². The minimum atomic E-state index is 0. The molecule has 2 rings (SSSR count). The average Bonchev–Trinajstić information content (AvgIpc) is 3.10. The molecule has 1 aliphatic rings. The third kappa shape index (κ3) is 8.12. The van der Waals surface area contributed by atoms with Crippen LogP contribution in [0.5, 0.6) is 5.75 Å². The second kappa shape index (κ2) is 12.4. The van der Waals surface area contributed by atoms with Crippen molar-refractivity contribution in [1.29, 1.82) is 0 Å². The van der Waals surface area contributed by atoms with Gasteiger partial charge in [-0.15, -0.1) is 24.0 Å². The number of ether oxygens (including phenoxy) is 2. The van der Waals surface area contributed by atoms with Crippen molar-refractivity contribution in [1.82, 2.24) is 10.6 Å². The van der Waals surface area contributed by atoms with Crippen LogP contribution in [0.2, 0.25) is 0 Å². The highest BCUT2D eigenvalue weighted by molar-refractivity contribution is 14.0. The van der Waals surface area contributed by atoms with E-state index in [0.29, 0.717) is 19.1 Å². The summed E-state index contributed by atoms with van der Waals surface area (Å²) in [7, 11) is 1.80. The van der Waals surface area contributed by atoms with Crippen molar-refractivity contribution in [2.75, 3.05) is 26.8 Å². The Labute approximate surface area is 175 Å². The van der Waals surface area contributed by atoms with E-state index >= 15 is 0 Å². The number of guanidine groups is 1. The monoisotopic (exact) mass is 475 g/mol. The Morgan fingerprint density at radius 1 is 1.35 bits per heavy atom. The molecule has 1 aliphatic heterocycles. The molecule has 1 aromatic rings. The summed E-state index contributed by atoms with van der Waals surface area (Å²) in [6.07, 6.45) is 3.58. The number of benzene rings is 1. The third-order valence-corrected chi connectivity index (χ3v) is 4.36. The first-order chi connectivity index (χ1) is 12.1. The number of halogens is 1. The van der Waals surface area contributed by atoms with E-state index in [1.807, 2.05) is 0 Å². The fourth-order valence-corrected chi connectivity index (χ4v) is 2.78. The summed E-state index contributed by atoms with van der Waals surface area (Å²) in [4.78, 5) is 4.29. The number of hydrogen-bond donors (Lipinski definition) is 2. The average molecular weight is 475 g/mol. The summed E-state index contributed by atoms with van der Waals surface area (Å²) in [5.41, 5.74) is 2.33. The largest absolute Gasteiger partial charge is 0.491 e. The number of aryl methyl sites for hydroxylation is 1. The molecule has 6 heteroatoms. The Morgan fingerprint density at radius 2 is 2.15 bits per heavy atom. The van der Waals surface area contributed by atoms with E-state index in [1.54, 1.807) is 7.05 Å². The number of hydrogen-bond acceptors (Lipinski definition) is 3. The summed E-state index contributed by atoms with van der Waals surface area (Å²) in [6, 6.07) is 6.33. The van der Waals surface area contributed by atoms with Crippen LogP contribution in [-0.2, 0) is 11.3 Å². The standard InChI is InChI=1S/C20H33N3O2.HI/c1-15(2)9-10-22-20(21-4)23-13-17-8-7-16(3)12-19(17)25-14-18-6-5-11-24-18;/h7-8,12,15,18H,5-6,9-11,13-14H2,1-4H3,(H2,21,22,23);1H. The number of nitrogens with zero attached hydrogens (tertiary/aromatic N) is 1. The summed E-state index contributed by atoms with van der Waals surface area (Å²) < 4.78 is 11.7. The van der Waals surface area contributed by atoms with Gasteiger partial charge in [-0.25, -0.2) is 0 Å². The zero-order valence-corrected chi connectivity index (χ0v) is 18.8. The Kier molecular flexibility index (Phi) is 11.0. The Bertz CT molecular complexity index is 558. The first-order valence-corrected chi connectivity index (χ1v) is 9.37. The molecule has 0 radical (unpaired) electrons.